The fourth-order valence-corrected chi connectivity index (χ4v) is 4.60. The van der Waals surface area contributed by atoms with E-state index in [1.807, 2.05) is 6.20 Å². The SMILES string of the molecule is COc1cncc(-c2c3n(c4ccc(C)cc24)CC(c2ccccc2)CC3)c1. The molecule has 0 spiro atoms. The van der Waals surface area contributed by atoms with Gasteiger partial charge in [0, 0.05) is 46.4 Å². The average Bonchev–Trinajstić information content (AvgIpc) is 3.07. The molecular weight excluding hydrogens is 344 g/mol. The van der Waals surface area contributed by atoms with Gasteiger partial charge in [0.1, 0.15) is 5.75 Å². The molecule has 3 nitrogen and oxygen atoms in total. The van der Waals surface area contributed by atoms with Gasteiger partial charge >= 0.3 is 0 Å². The van der Waals surface area contributed by atoms with Gasteiger partial charge in [0.2, 0.25) is 0 Å². The van der Waals surface area contributed by atoms with E-state index in [9.17, 15) is 0 Å². The Bertz CT molecular complexity index is 1140. The fraction of sp³-hybridized carbons (Fsp3) is 0.240. The maximum atomic E-state index is 5.44. The summed E-state index contributed by atoms with van der Waals surface area (Å²) in [4.78, 5) is 4.42. The first kappa shape index (κ1) is 17.1. The lowest BCUT2D eigenvalue weighted by atomic mass is 9.89. The molecule has 4 aromatic rings. The van der Waals surface area contributed by atoms with Crippen molar-refractivity contribution in [3.8, 4) is 16.9 Å². The van der Waals surface area contributed by atoms with Crippen LogP contribution in [0.1, 0.15) is 29.2 Å². The molecule has 1 aliphatic heterocycles. The van der Waals surface area contributed by atoms with Gasteiger partial charge in [0.25, 0.3) is 0 Å². The summed E-state index contributed by atoms with van der Waals surface area (Å²) in [6.45, 7) is 3.19. The molecular formula is C25H24N2O. The van der Waals surface area contributed by atoms with Crippen LogP contribution in [0.2, 0.25) is 0 Å². The van der Waals surface area contributed by atoms with Crippen molar-refractivity contribution >= 4 is 10.9 Å². The maximum Gasteiger partial charge on any atom is 0.137 e. The Balaban J connectivity index is 1.69. The van der Waals surface area contributed by atoms with Gasteiger partial charge in [0.15, 0.2) is 0 Å². The smallest absolute Gasteiger partial charge is 0.137 e. The highest BCUT2D eigenvalue weighted by Gasteiger charge is 2.26. The summed E-state index contributed by atoms with van der Waals surface area (Å²) in [5.74, 6) is 1.36. The summed E-state index contributed by atoms with van der Waals surface area (Å²) in [7, 11) is 1.70. The second-order valence-electron chi connectivity index (χ2n) is 7.71. The number of aromatic nitrogens is 2. The molecule has 3 heterocycles. The van der Waals surface area contributed by atoms with Crippen molar-refractivity contribution in [3.05, 3.63) is 83.8 Å². The second-order valence-corrected chi connectivity index (χ2v) is 7.71. The van der Waals surface area contributed by atoms with Crippen molar-refractivity contribution in [3.63, 3.8) is 0 Å². The highest BCUT2D eigenvalue weighted by atomic mass is 16.5. The van der Waals surface area contributed by atoms with Crippen LogP contribution in [0.25, 0.3) is 22.0 Å². The van der Waals surface area contributed by atoms with Gasteiger partial charge < -0.3 is 9.30 Å². The van der Waals surface area contributed by atoms with Crippen LogP contribution >= 0.6 is 0 Å². The van der Waals surface area contributed by atoms with Crippen molar-refractivity contribution in [2.45, 2.75) is 32.2 Å². The number of fused-ring (bicyclic) bond motifs is 3. The summed E-state index contributed by atoms with van der Waals surface area (Å²) in [5, 5.41) is 1.32. The van der Waals surface area contributed by atoms with Gasteiger partial charge in [0.05, 0.1) is 13.3 Å². The van der Waals surface area contributed by atoms with Gasteiger partial charge in [-0.15, -0.1) is 0 Å². The largest absolute Gasteiger partial charge is 0.495 e. The molecule has 2 aromatic carbocycles. The Morgan fingerprint density at radius 3 is 2.71 bits per heavy atom. The van der Waals surface area contributed by atoms with E-state index in [4.69, 9.17) is 4.74 Å². The van der Waals surface area contributed by atoms with Crippen LogP contribution in [0.5, 0.6) is 5.75 Å². The molecule has 5 rings (SSSR count). The van der Waals surface area contributed by atoms with E-state index in [1.54, 1.807) is 13.3 Å². The standard InChI is InChI=1S/C25H24N2O/c1-17-8-10-23-22(12-17)25(20-13-21(28-2)15-26-14-20)24-11-9-19(16-27(23)24)18-6-4-3-5-7-18/h3-8,10,12-15,19H,9,11,16H2,1-2H3. The Kier molecular flexibility index (Phi) is 4.16. The summed E-state index contributed by atoms with van der Waals surface area (Å²) in [5.41, 5.74) is 7.92. The molecule has 0 amide bonds. The molecule has 3 heteroatoms. The van der Waals surface area contributed by atoms with Crippen LogP contribution in [0.4, 0.5) is 0 Å². The van der Waals surface area contributed by atoms with E-state index in [1.165, 1.54) is 39.7 Å². The zero-order valence-corrected chi connectivity index (χ0v) is 16.4. The summed E-state index contributed by atoms with van der Waals surface area (Å²) in [6, 6.07) is 19.8. The molecule has 0 fully saturated rings. The molecule has 0 saturated carbocycles. The predicted octanol–water partition coefficient (Wildman–Crippen LogP) is 5.75. The van der Waals surface area contributed by atoms with Gasteiger partial charge in [-0.25, -0.2) is 0 Å². The average molecular weight is 368 g/mol. The molecule has 0 aliphatic carbocycles. The molecule has 1 aliphatic rings. The highest BCUT2D eigenvalue weighted by molar-refractivity contribution is 5.98. The number of rotatable bonds is 3. The topological polar surface area (TPSA) is 27.1 Å². The molecule has 0 bridgehead atoms. The van der Waals surface area contributed by atoms with Crippen molar-refractivity contribution < 1.29 is 4.74 Å². The lowest BCUT2D eigenvalue weighted by molar-refractivity contribution is 0.413. The van der Waals surface area contributed by atoms with Crippen LogP contribution < -0.4 is 4.74 Å². The lowest BCUT2D eigenvalue weighted by Gasteiger charge is -2.26. The van der Waals surface area contributed by atoms with E-state index in [-0.39, 0.29) is 0 Å². The second kappa shape index (κ2) is 6.83. The van der Waals surface area contributed by atoms with E-state index >= 15 is 0 Å². The van der Waals surface area contributed by atoms with Crippen molar-refractivity contribution in [2.75, 3.05) is 7.11 Å². The molecule has 1 atom stereocenters. The first-order valence-corrected chi connectivity index (χ1v) is 9.90. The molecule has 2 aromatic heterocycles. The Labute approximate surface area is 165 Å². The first-order chi connectivity index (χ1) is 13.7. The fourth-order valence-electron chi connectivity index (χ4n) is 4.60. The van der Waals surface area contributed by atoms with Crippen LogP contribution in [0, 0.1) is 6.92 Å². The van der Waals surface area contributed by atoms with Crippen molar-refractivity contribution in [2.24, 2.45) is 0 Å². The predicted molar refractivity (Wildman–Crippen MR) is 114 cm³/mol. The third-order valence-electron chi connectivity index (χ3n) is 5.97. The third-order valence-corrected chi connectivity index (χ3v) is 5.97. The monoisotopic (exact) mass is 368 g/mol. The van der Waals surface area contributed by atoms with E-state index in [2.05, 4.69) is 71.1 Å². The zero-order chi connectivity index (χ0) is 19.1. The molecule has 0 radical (unpaired) electrons. The zero-order valence-electron chi connectivity index (χ0n) is 16.4. The van der Waals surface area contributed by atoms with Crippen LogP contribution in [0.3, 0.4) is 0 Å². The molecule has 1 unspecified atom stereocenters. The number of pyridine rings is 1. The summed E-state index contributed by atoms with van der Waals surface area (Å²) < 4.78 is 7.97. The highest BCUT2D eigenvalue weighted by Crippen LogP contribution is 2.41. The van der Waals surface area contributed by atoms with Crippen LogP contribution in [-0.4, -0.2) is 16.7 Å². The number of methoxy groups -OCH3 is 1. The summed E-state index contributed by atoms with van der Waals surface area (Å²) >= 11 is 0. The lowest BCUT2D eigenvalue weighted by Crippen LogP contribution is -2.18. The Hall–Kier alpha value is -3.07. The molecule has 140 valence electrons. The van der Waals surface area contributed by atoms with Crippen LogP contribution in [-0.2, 0) is 13.0 Å². The number of hydrogen-bond acceptors (Lipinski definition) is 2. The van der Waals surface area contributed by atoms with Crippen LogP contribution in [0.15, 0.2) is 67.0 Å². The quantitative estimate of drug-likeness (QED) is 0.460. The van der Waals surface area contributed by atoms with E-state index in [0.29, 0.717) is 5.92 Å². The van der Waals surface area contributed by atoms with Gasteiger partial charge in [-0.2, -0.15) is 0 Å². The normalized spacial score (nSPS) is 16.1. The number of ether oxygens (including phenoxy) is 1. The van der Waals surface area contributed by atoms with E-state index < -0.39 is 0 Å². The number of aryl methyl sites for hydroxylation is 1. The van der Waals surface area contributed by atoms with Gasteiger partial charge in [-0.05, 0) is 43.5 Å². The number of benzene rings is 2. The van der Waals surface area contributed by atoms with Gasteiger partial charge in [-0.3, -0.25) is 4.98 Å². The molecule has 0 saturated heterocycles. The number of nitrogens with zero attached hydrogens (tertiary/aromatic N) is 2. The summed E-state index contributed by atoms with van der Waals surface area (Å²) in [6.07, 6.45) is 5.97. The van der Waals surface area contributed by atoms with Gasteiger partial charge in [-0.1, -0.05) is 42.0 Å². The molecule has 0 N–H and O–H groups in total. The first-order valence-electron chi connectivity index (χ1n) is 9.90. The van der Waals surface area contributed by atoms with Crippen molar-refractivity contribution in [1.29, 1.82) is 0 Å². The van der Waals surface area contributed by atoms with E-state index in [0.717, 1.165) is 24.3 Å². The third kappa shape index (κ3) is 2.78. The maximum absolute atomic E-state index is 5.44. The number of hydrogen-bond donors (Lipinski definition) is 0. The van der Waals surface area contributed by atoms with Crippen molar-refractivity contribution in [1.82, 2.24) is 9.55 Å². The Morgan fingerprint density at radius 2 is 1.89 bits per heavy atom. The Morgan fingerprint density at radius 1 is 1.04 bits per heavy atom. The minimum absolute atomic E-state index is 0.557. The minimum Gasteiger partial charge on any atom is -0.495 e. The molecule has 28 heavy (non-hydrogen) atoms. The minimum atomic E-state index is 0.557.